The number of hydrogen-bond acceptors (Lipinski definition) is 4. The summed E-state index contributed by atoms with van der Waals surface area (Å²) < 4.78 is 6.01. The minimum Gasteiger partial charge on any atom is -0.423 e. The van der Waals surface area contributed by atoms with Crippen molar-refractivity contribution in [1.82, 2.24) is 4.98 Å². The SMILES string of the molecule is C[C@]12CC[C@@H]3c4cc5nc(Nc6ccccc6)oc5cc4CC[C@H]3[C@@H]1CCC2=O. The van der Waals surface area contributed by atoms with Crippen molar-refractivity contribution in [3.05, 3.63) is 53.6 Å². The van der Waals surface area contributed by atoms with Crippen molar-refractivity contribution in [2.45, 2.75) is 51.4 Å². The molecule has 4 heteroatoms. The van der Waals surface area contributed by atoms with Gasteiger partial charge in [0.25, 0.3) is 6.01 Å². The van der Waals surface area contributed by atoms with E-state index in [4.69, 9.17) is 9.40 Å². The van der Waals surface area contributed by atoms with Gasteiger partial charge < -0.3 is 9.73 Å². The van der Waals surface area contributed by atoms with Gasteiger partial charge in [-0.25, -0.2) is 0 Å². The van der Waals surface area contributed by atoms with Gasteiger partial charge in [-0.3, -0.25) is 4.79 Å². The Morgan fingerprint density at radius 1 is 1.10 bits per heavy atom. The molecule has 29 heavy (non-hydrogen) atoms. The molecule has 3 aromatic rings. The van der Waals surface area contributed by atoms with Crippen LogP contribution < -0.4 is 5.32 Å². The van der Waals surface area contributed by atoms with Gasteiger partial charge in [-0.1, -0.05) is 25.1 Å². The molecule has 3 aliphatic rings. The standard InChI is InChI=1S/C25H26N2O2/c1-25-12-11-17-18(20(25)9-10-23(25)28)8-7-15-13-22-21(14-19(15)17)27-24(29-22)26-16-5-3-2-4-6-16/h2-6,13-14,17-18,20H,7-12H2,1H3,(H,26,27)/t17-,18+,20-,25-/m0/s1. The quantitative estimate of drug-likeness (QED) is 0.587. The molecule has 0 aliphatic heterocycles. The molecule has 1 aromatic heterocycles. The van der Waals surface area contributed by atoms with Crippen LogP contribution in [0.15, 0.2) is 46.9 Å². The van der Waals surface area contributed by atoms with Crippen LogP contribution in [0.1, 0.15) is 56.1 Å². The Hall–Kier alpha value is -2.62. The van der Waals surface area contributed by atoms with Crippen LogP contribution in [0.2, 0.25) is 0 Å². The lowest BCUT2D eigenvalue weighted by atomic mass is 9.55. The predicted octanol–water partition coefficient (Wildman–Crippen LogP) is 6.00. The number of carbonyl (C=O) groups excluding carboxylic acids is 1. The molecule has 6 rings (SSSR count). The lowest BCUT2D eigenvalue weighted by molar-refractivity contribution is -0.129. The second kappa shape index (κ2) is 6.19. The van der Waals surface area contributed by atoms with Crippen molar-refractivity contribution < 1.29 is 9.21 Å². The molecule has 0 amide bonds. The van der Waals surface area contributed by atoms with E-state index in [0.29, 0.717) is 29.6 Å². The number of hydrogen-bond donors (Lipinski definition) is 1. The maximum atomic E-state index is 12.5. The molecule has 0 spiro atoms. The molecular weight excluding hydrogens is 360 g/mol. The van der Waals surface area contributed by atoms with Crippen LogP contribution in [0.3, 0.4) is 0 Å². The molecule has 4 nitrogen and oxygen atoms in total. The average Bonchev–Trinajstić information content (AvgIpc) is 3.26. The summed E-state index contributed by atoms with van der Waals surface area (Å²) in [6, 6.07) is 15.0. The Balaban J connectivity index is 1.35. The van der Waals surface area contributed by atoms with E-state index in [9.17, 15) is 4.79 Å². The Labute approximate surface area is 170 Å². The van der Waals surface area contributed by atoms with Crippen molar-refractivity contribution in [3.8, 4) is 0 Å². The molecule has 2 saturated carbocycles. The number of aromatic nitrogens is 1. The summed E-state index contributed by atoms with van der Waals surface area (Å²) in [5.74, 6) is 2.27. The molecule has 0 unspecified atom stereocenters. The van der Waals surface area contributed by atoms with Crippen LogP contribution in [-0.4, -0.2) is 10.8 Å². The maximum Gasteiger partial charge on any atom is 0.300 e. The van der Waals surface area contributed by atoms with E-state index in [2.05, 4.69) is 24.4 Å². The van der Waals surface area contributed by atoms with E-state index < -0.39 is 0 Å². The van der Waals surface area contributed by atoms with Crippen molar-refractivity contribution in [2.24, 2.45) is 17.3 Å². The summed E-state index contributed by atoms with van der Waals surface area (Å²) >= 11 is 0. The van der Waals surface area contributed by atoms with E-state index >= 15 is 0 Å². The summed E-state index contributed by atoms with van der Waals surface area (Å²) in [4.78, 5) is 17.3. The molecule has 0 radical (unpaired) electrons. The summed E-state index contributed by atoms with van der Waals surface area (Å²) in [5.41, 5.74) is 5.56. The van der Waals surface area contributed by atoms with Crippen LogP contribution in [-0.2, 0) is 11.2 Å². The summed E-state index contributed by atoms with van der Waals surface area (Å²) in [7, 11) is 0. The molecule has 0 saturated heterocycles. The minimum absolute atomic E-state index is 0.0660. The van der Waals surface area contributed by atoms with Gasteiger partial charge in [0.2, 0.25) is 0 Å². The fourth-order valence-corrected chi connectivity index (χ4v) is 6.46. The highest BCUT2D eigenvalue weighted by Gasteiger charge is 2.54. The van der Waals surface area contributed by atoms with Gasteiger partial charge in [-0.15, -0.1) is 0 Å². The number of rotatable bonds is 2. The minimum atomic E-state index is -0.0660. The van der Waals surface area contributed by atoms with E-state index in [0.717, 1.165) is 48.9 Å². The first-order valence-corrected chi connectivity index (χ1v) is 10.9. The first kappa shape index (κ1) is 17.3. The van der Waals surface area contributed by atoms with Crippen molar-refractivity contribution >= 4 is 28.6 Å². The monoisotopic (exact) mass is 386 g/mol. The molecule has 0 bridgehead atoms. The average molecular weight is 386 g/mol. The van der Waals surface area contributed by atoms with E-state index in [-0.39, 0.29) is 5.41 Å². The number of benzene rings is 2. The first-order valence-electron chi connectivity index (χ1n) is 10.9. The summed E-state index contributed by atoms with van der Waals surface area (Å²) in [6.07, 6.45) is 6.30. The summed E-state index contributed by atoms with van der Waals surface area (Å²) in [5, 5.41) is 3.27. The zero-order chi connectivity index (χ0) is 19.6. The largest absolute Gasteiger partial charge is 0.423 e. The molecule has 148 valence electrons. The lowest BCUT2D eigenvalue weighted by Gasteiger charge is -2.48. The summed E-state index contributed by atoms with van der Waals surface area (Å²) in [6.45, 7) is 2.24. The predicted molar refractivity (Wildman–Crippen MR) is 113 cm³/mol. The van der Waals surface area contributed by atoms with Gasteiger partial charge in [0, 0.05) is 17.5 Å². The number of anilines is 2. The lowest BCUT2D eigenvalue weighted by Crippen LogP contribution is -2.42. The highest BCUT2D eigenvalue weighted by molar-refractivity contribution is 5.87. The molecule has 3 aliphatic carbocycles. The Kier molecular flexibility index (Phi) is 3.68. The number of ketones is 1. The molecular formula is C25H26N2O2. The Morgan fingerprint density at radius 2 is 1.97 bits per heavy atom. The van der Waals surface area contributed by atoms with Gasteiger partial charge >= 0.3 is 0 Å². The Bertz CT molecular complexity index is 1100. The number of carbonyl (C=O) groups is 1. The fourth-order valence-electron chi connectivity index (χ4n) is 6.46. The number of nitrogens with zero attached hydrogens (tertiary/aromatic N) is 1. The number of Topliss-reactive ketones (excluding diaryl/α,β-unsaturated/α-hetero) is 1. The number of oxazole rings is 1. The second-order valence-corrected chi connectivity index (χ2v) is 9.36. The highest BCUT2D eigenvalue weighted by atomic mass is 16.4. The Morgan fingerprint density at radius 3 is 2.83 bits per heavy atom. The highest BCUT2D eigenvalue weighted by Crippen LogP contribution is 2.59. The van der Waals surface area contributed by atoms with Gasteiger partial charge in [-0.2, -0.15) is 4.98 Å². The van der Waals surface area contributed by atoms with Crippen molar-refractivity contribution in [3.63, 3.8) is 0 Å². The smallest absolute Gasteiger partial charge is 0.300 e. The van der Waals surface area contributed by atoms with Crippen LogP contribution in [0.5, 0.6) is 0 Å². The topological polar surface area (TPSA) is 55.1 Å². The van der Waals surface area contributed by atoms with Crippen LogP contribution >= 0.6 is 0 Å². The van der Waals surface area contributed by atoms with Gasteiger partial charge in [0.05, 0.1) is 0 Å². The molecule has 1 heterocycles. The number of aryl methyl sites for hydroxylation is 1. The number of para-hydroxylation sites is 1. The maximum absolute atomic E-state index is 12.5. The van der Waals surface area contributed by atoms with Crippen LogP contribution in [0.25, 0.3) is 11.1 Å². The molecule has 2 fully saturated rings. The normalized spacial score (nSPS) is 30.7. The number of nitrogens with one attached hydrogen (secondary N) is 1. The van der Waals surface area contributed by atoms with Crippen molar-refractivity contribution in [1.29, 1.82) is 0 Å². The van der Waals surface area contributed by atoms with E-state index in [1.807, 2.05) is 30.3 Å². The first-order chi connectivity index (χ1) is 14.1. The van der Waals surface area contributed by atoms with Crippen LogP contribution in [0.4, 0.5) is 11.7 Å². The molecule has 1 N–H and O–H groups in total. The van der Waals surface area contributed by atoms with Gasteiger partial charge in [-0.05, 0) is 85.3 Å². The zero-order valence-electron chi connectivity index (χ0n) is 16.8. The van der Waals surface area contributed by atoms with Gasteiger partial charge in [0.1, 0.15) is 11.3 Å². The fraction of sp³-hybridized carbons (Fsp3) is 0.440. The zero-order valence-corrected chi connectivity index (χ0v) is 16.8. The van der Waals surface area contributed by atoms with E-state index in [1.165, 1.54) is 17.5 Å². The third-order valence-electron chi connectivity index (χ3n) is 7.97. The van der Waals surface area contributed by atoms with Crippen molar-refractivity contribution in [2.75, 3.05) is 5.32 Å². The third-order valence-corrected chi connectivity index (χ3v) is 7.97. The molecule has 2 aromatic carbocycles. The third kappa shape index (κ3) is 2.58. The second-order valence-electron chi connectivity index (χ2n) is 9.36. The van der Waals surface area contributed by atoms with Crippen LogP contribution in [0, 0.1) is 17.3 Å². The molecule has 4 atom stereocenters. The van der Waals surface area contributed by atoms with E-state index in [1.54, 1.807) is 0 Å². The number of fused-ring (bicyclic) bond motifs is 6. The van der Waals surface area contributed by atoms with Gasteiger partial charge in [0.15, 0.2) is 5.58 Å².